The molecule has 1 aromatic carbocycles. The van der Waals surface area contributed by atoms with Gasteiger partial charge in [-0.3, -0.25) is 9.89 Å². The molecule has 0 saturated carbocycles. The molecule has 1 heterocycles. The topological polar surface area (TPSA) is 96.2 Å². The Morgan fingerprint density at radius 1 is 1.33 bits per heavy atom. The quantitative estimate of drug-likeness (QED) is 0.454. The Bertz CT molecular complexity index is 699. The van der Waals surface area contributed by atoms with E-state index >= 15 is 0 Å². The first-order chi connectivity index (χ1) is 10.1. The van der Waals surface area contributed by atoms with Crippen LogP contribution >= 0.6 is 0 Å². The number of nitrogens with one attached hydrogen (secondary N) is 2. The maximum atomic E-state index is 12.1. The molecule has 21 heavy (non-hydrogen) atoms. The molecule has 0 unspecified atom stereocenters. The average Bonchev–Trinajstić information content (AvgIpc) is 3.08. The lowest BCUT2D eigenvalue weighted by atomic mass is 10.1. The first kappa shape index (κ1) is 13.4. The number of nitrogen functional groups attached to an aromatic ring is 1. The standard InChI is InChI=1S/C15H17N5O/c1-9(10-5-7-11(16)8-6-10)17-20-15(21)14-12-3-2-4-13(12)18-19-14/h5-8H,2-4,16H2,1H3,(H,18,19)(H,20,21)/b17-9+. The molecule has 6 nitrogen and oxygen atoms in total. The monoisotopic (exact) mass is 283 g/mol. The van der Waals surface area contributed by atoms with E-state index in [2.05, 4.69) is 20.7 Å². The number of nitrogens with zero attached hydrogens (tertiary/aromatic N) is 2. The van der Waals surface area contributed by atoms with Crippen molar-refractivity contribution in [2.75, 3.05) is 5.73 Å². The number of hydrazone groups is 1. The number of aryl methyl sites for hydroxylation is 1. The smallest absolute Gasteiger partial charge is 0.292 e. The fourth-order valence-corrected chi connectivity index (χ4v) is 2.48. The van der Waals surface area contributed by atoms with E-state index in [1.165, 1.54) is 0 Å². The van der Waals surface area contributed by atoms with Crippen LogP contribution in [0, 0.1) is 0 Å². The van der Waals surface area contributed by atoms with Gasteiger partial charge in [-0.15, -0.1) is 0 Å². The number of carbonyl (C=O) groups is 1. The Labute approximate surface area is 122 Å². The van der Waals surface area contributed by atoms with Crippen molar-refractivity contribution in [3.05, 3.63) is 46.8 Å². The summed E-state index contributed by atoms with van der Waals surface area (Å²) in [7, 11) is 0. The van der Waals surface area contributed by atoms with E-state index in [0.29, 0.717) is 11.4 Å². The summed E-state index contributed by atoms with van der Waals surface area (Å²) < 4.78 is 0. The second-order valence-electron chi connectivity index (χ2n) is 5.14. The lowest BCUT2D eigenvalue weighted by Gasteiger charge is -2.03. The lowest BCUT2D eigenvalue weighted by Crippen LogP contribution is -2.21. The van der Waals surface area contributed by atoms with Gasteiger partial charge in [-0.2, -0.15) is 10.2 Å². The molecule has 108 valence electrons. The summed E-state index contributed by atoms with van der Waals surface area (Å²) in [5, 5.41) is 11.1. The zero-order valence-corrected chi connectivity index (χ0v) is 11.8. The summed E-state index contributed by atoms with van der Waals surface area (Å²) in [5.74, 6) is -0.274. The third-order valence-electron chi connectivity index (χ3n) is 3.68. The van der Waals surface area contributed by atoms with Crippen molar-refractivity contribution in [1.82, 2.24) is 15.6 Å². The molecule has 1 aromatic heterocycles. The summed E-state index contributed by atoms with van der Waals surface area (Å²) in [6.45, 7) is 1.83. The maximum Gasteiger partial charge on any atom is 0.292 e. The van der Waals surface area contributed by atoms with Gasteiger partial charge in [-0.05, 0) is 43.9 Å². The summed E-state index contributed by atoms with van der Waals surface area (Å²) in [6.07, 6.45) is 2.93. The highest BCUT2D eigenvalue weighted by Gasteiger charge is 2.22. The van der Waals surface area contributed by atoms with Gasteiger partial charge in [0.2, 0.25) is 0 Å². The number of hydrogen-bond donors (Lipinski definition) is 3. The van der Waals surface area contributed by atoms with Crippen LogP contribution < -0.4 is 11.2 Å². The number of H-pyrrole nitrogens is 1. The normalized spacial score (nSPS) is 14.0. The number of aromatic nitrogens is 2. The van der Waals surface area contributed by atoms with Gasteiger partial charge in [0.05, 0.1) is 5.71 Å². The second kappa shape index (κ2) is 5.40. The van der Waals surface area contributed by atoms with E-state index in [1.807, 2.05) is 19.1 Å². The molecule has 4 N–H and O–H groups in total. The van der Waals surface area contributed by atoms with E-state index in [-0.39, 0.29) is 5.91 Å². The van der Waals surface area contributed by atoms with E-state index in [4.69, 9.17) is 5.73 Å². The number of hydrogen-bond acceptors (Lipinski definition) is 4. The summed E-state index contributed by atoms with van der Waals surface area (Å²) in [5.41, 5.74) is 13.1. The van der Waals surface area contributed by atoms with Gasteiger partial charge in [-0.25, -0.2) is 5.43 Å². The van der Waals surface area contributed by atoms with Gasteiger partial charge in [0.1, 0.15) is 0 Å². The van der Waals surface area contributed by atoms with Crippen molar-refractivity contribution in [1.29, 1.82) is 0 Å². The van der Waals surface area contributed by atoms with Gasteiger partial charge in [0, 0.05) is 16.9 Å². The van der Waals surface area contributed by atoms with Crippen molar-refractivity contribution in [3.63, 3.8) is 0 Å². The average molecular weight is 283 g/mol. The first-order valence-electron chi connectivity index (χ1n) is 6.92. The molecule has 1 amide bonds. The number of anilines is 1. The Morgan fingerprint density at radius 3 is 2.86 bits per heavy atom. The van der Waals surface area contributed by atoms with Gasteiger partial charge in [0.25, 0.3) is 5.91 Å². The Morgan fingerprint density at radius 2 is 2.10 bits per heavy atom. The highest BCUT2D eigenvalue weighted by Crippen LogP contribution is 2.22. The van der Waals surface area contributed by atoms with E-state index in [1.54, 1.807) is 12.1 Å². The molecule has 1 aliphatic carbocycles. The number of aromatic amines is 1. The molecule has 1 aliphatic rings. The minimum absolute atomic E-state index is 0.274. The summed E-state index contributed by atoms with van der Waals surface area (Å²) in [6, 6.07) is 7.34. The molecule has 0 atom stereocenters. The van der Waals surface area contributed by atoms with Crippen molar-refractivity contribution in [2.24, 2.45) is 5.10 Å². The summed E-state index contributed by atoms with van der Waals surface area (Å²) in [4.78, 5) is 12.1. The minimum atomic E-state index is -0.274. The third-order valence-corrected chi connectivity index (χ3v) is 3.68. The van der Waals surface area contributed by atoms with Gasteiger partial charge < -0.3 is 5.73 Å². The van der Waals surface area contributed by atoms with E-state index in [0.717, 1.165) is 41.8 Å². The van der Waals surface area contributed by atoms with Crippen molar-refractivity contribution in [2.45, 2.75) is 26.2 Å². The number of fused-ring (bicyclic) bond motifs is 1. The van der Waals surface area contributed by atoms with E-state index < -0.39 is 0 Å². The molecular weight excluding hydrogens is 266 g/mol. The molecule has 2 aromatic rings. The van der Waals surface area contributed by atoms with Crippen LogP contribution in [0.5, 0.6) is 0 Å². The van der Waals surface area contributed by atoms with Crippen LogP contribution in [0.15, 0.2) is 29.4 Å². The van der Waals surface area contributed by atoms with Crippen molar-refractivity contribution < 1.29 is 4.79 Å². The van der Waals surface area contributed by atoms with Crippen molar-refractivity contribution >= 4 is 17.3 Å². The van der Waals surface area contributed by atoms with E-state index in [9.17, 15) is 4.79 Å². The van der Waals surface area contributed by atoms with Crippen LogP contribution in [0.2, 0.25) is 0 Å². The molecule has 0 saturated heterocycles. The Hall–Kier alpha value is -2.63. The molecule has 6 heteroatoms. The highest BCUT2D eigenvalue weighted by atomic mass is 16.2. The van der Waals surface area contributed by atoms with Crippen LogP contribution in [0.4, 0.5) is 5.69 Å². The largest absolute Gasteiger partial charge is 0.399 e. The second-order valence-corrected chi connectivity index (χ2v) is 5.14. The highest BCUT2D eigenvalue weighted by molar-refractivity contribution is 6.01. The van der Waals surface area contributed by atoms with Crippen LogP contribution in [-0.4, -0.2) is 21.8 Å². The van der Waals surface area contributed by atoms with Crippen LogP contribution in [0.25, 0.3) is 0 Å². The number of benzene rings is 1. The molecule has 0 spiro atoms. The molecule has 0 fully saturated rings. The number of carbonyl (C=O) groups excluding carboxylic acids is 1. The SMILES string of the molecule is C/C(=N\NC(=O)c1n[nH]c2c1CCC2)c1ccc(N)cc1. The summed E-state index contributed by atoms with van der Waals surface area (Å²) >= 11 is 0. The van der Waals surface area contributed by atoms with Crippen LogP contribution in [0.1, 0.15) is 40.7 Å². The van der Waals surface area contributed by atoms with Gasteiger partial charge in [0.15, 0.2) is 5.69 Å². The Kier molecular flexibility index (Phi) is 3.43. The van der Waals surface area contributed by atoms with Gasteiger partial charge >= 0.3 is 0 Å². The van der Waals surface area contributed by atoms with Crippen molar-refractivity contribution in [3.8, 4) is 0 Å². The minimum Gasteiger partial charge on any atom is -0.399 e. The number of amides is 1. The Balaban J connectivity index is 1.72. The van der Waals surface area contributed by atoms with Crippen LogP contribution in [-0.2, 0) is 12.8 Å². The zero-order valence-electron chi connectivity index (χ0n) is 11.8. The lowest BCUT2D eigenvalue weighted by molar-refractivity contribution is 0.0949. The fourth-order valence-electron chi connectivity index (χ4n) is 2.48. The molecule has 0 radical (unpaired) electrons. The predicted molar refractivity (Wildman–Crippen MR) is 81.1 cm³/mol. The first-order valence-corrected chi connectivity index (χ1v) is 6.92. The maximum absolute atomic E-state index is 12.1. The molecule has 3 rings (SSSR count). The number of rotatable bonds is 3. The molecular formula is C15H17N5O. The number of nitrogens with two attached hydrogens (primary N) is 1. The molecule has 0 aliphatic heterocycles. The predicted octanol–water partition coefficient (Wildman–Crippen LogP) is 1.63. The van der Waals surface area contributed by atoms with Gasteiger partial charge in [-0.1, -0.05) is 12.1 Å². The third kappa shape index (κ3) is 2.65. The zero-order chi connectivity index (χ0) is 14.8. The van der Waals surface area contributed by atoms with Crippen LogP contribution in [0.3, 0.4) is 0 Å². The molecule has 0 bridgehead atoms. The fraction of sp³-hybridized carbons (Fsp3) is 0.267.